The second-order valence-corrected chi connectivity index (χ2v) is 6.10. The van der Waals surface area contributed by atoms with Crippen molar-refractivity contribution >= 4 is 40.7 Å². The Morgan fingerprint density at radius 1 is 1.14 bits per heavy atom. The van der Waals surface area contributed by atoms with Crippen molar-refractivity contribution < 1.29 is 9.15 Å². The lowest BCUT2D eigenvalue weighted by Gasteiger charge is -2.39. The maximum Gasteiger partial charge on any atom is 0.169 e. The van der Waals surface area contributed by atoms with Gasteiger partial charge >= 0.3 is 0 Å². The number of rotatable bonds is 3. The molecule has 0 spiro atoms. The molecule has 2 fully saturated rings. The molecular formula is C14H23BrCl2N2O2. The molecule has 4 nitrogen and oxygen atoms in total. The summed E-state index contributed by atoms with van der Waals surface area (Å²) in [4.78, 5) is 2.57. The molecular weight excluding hydrogens is 379 g/mol. The Labute approximate surface area is 146 Å². The second-order valence-electron chi connectivity index (χ2n) is 5.32. The van der Waals surface area contributed by atoms with Gasteiger partial charge in [-0.3, -0.25) is 4.90 Å². The molecule has 1 N–H and O–H groups in total. The third-order valence-corrected chi connectivity index (χ3v) is 4.57. The van der Waals surface area contributed by atoms with Gasteiger partial charge < -0.3 is 14.5 Å². The maximum absolute atomic E-state index is 5.87. The zero-order chi connectivity index (χ0) is 13.1. The maximum atomic E-state index is 5.87. The molecule has 1 aromatic heterocycles. The van der Waals surface area contributed by atoms with Crippen LogP contribution in [0, 0.1) is 5.92 Å². The van der Waals surface area contributed by atoms with Crippen molar-refractivity contribution in [2.45, 2.75) is 18.9 Å². The summed E-state index contributed by atoms with van der Waals surface area (Å²) in [5.41, 5.74) is 0. The van der Waals surface area contributed by atoms with Gasteiger partial charge in [0.2, 0.25) is 0 Å². The lowest BCUT2D eigenvalue weighted by molar-refractivity contribution is 0.0146. The first-order valence-corrected chi connectivity index (χ1v) is 7.91. The number of hydrogen-bond donors (Lipinski definition) is 1. The molecule has 21 heavy (non-hydrogen) atoms. The lowest BCUT2D eigenvalue weighted by Crippen LogP contribution is -2.47. The highest BCUT2D eigenvalue weighted by atomic mass is 79.9. The molecule has 0 bridgehead atoms. The van der Waals surface area contributed by atoms with Crippen LogP contribution in [-0.2, 0) is 4.74 Å². The summed E-state index contributed by atoms with van der Waals surface area (Å²) in [6.07, 6.45) is 2.26. The van der Waals surface area contributed by atoms with Crippen LogP contribution in [0.2, 0.25) is 0 Å². The first-order chi connectivity index (χ1) is 9.34. The quantitative estimate of drug-likeness (QED) is 0.843. The molecule has 3 rings (SSSR count). The predicted molar refractivity (Wildman–Crippen MR) is 91.6 cm³/mol. The third-order valence-electron chi connectivity index (χ3n) is 4.14. The van der Waals surface area contributed by atoms with Gasteiger partial charge in [0.1, 0.15) is 5.76 Å². The molecule has 0 amide bonds. The van der Waals surface area contributed by atoms with E-state index in [0.717, 1.165) is 62.7 Å². The minimum absolute atomic E-state index is 0. The molecule has 7 heteroatoms. The van der Waals surface area contributed by atoms with Crippen molar-refractivity contribution in [2.75, 3.05) is 39.4 Å². The molecule has 0 unspecified atom stereocenters. The lowest BCUT2D eigenvalue weighted by atomic mass is 9.88. The molecule has 3 heterocycles. The van der Waals surface area contributed by atoms with Crippen LogP contribution in [-0.4, -0.2) is 44.3 Å². The van der Waals surface area contributed by atoms with E-state index < -0.39 is 0 Å². The van der Waals surface area contributed by atoms with Gasteiger partial charge in [0.05, 0.1) is 6.04 Å². The van der Waals surface area contributed by atoms with Crippen molar-refractivity contribution in [3.63, 3.8) is 0 Å². The summed E-state index contributed by atoms with van der Waals surface area (Å²) >= 11 is 3.43. The average molecular weight is 402 g/mol. The van der Waals surface area contributed by atoms with Crippen LogP contribution in [0.15, 0.2) is 21.2 Å². The Morgan fingerprint density at radius 2 is 1.81 bits per heavy atom. The molecule has 0 radical (unpaired) electrons. The van der Waals surface area contributed by atoms with Gasteiger partial charge in [-0.1, -0.05) is 0 Å². The number of piperazine rings is 1. The summed E-state index contributed by atoms with van der Waals surface area (Å²) in [5, 5.41) is 3.42. The van der Waals surface area contributed by atoms with Crippen LogP contribution in [0.3, 0.4) is 0 Å². The molecule has 122 valence electrons. The van der Waals surface area contributed by atoms with Gasteiger partial charge in [0, 0.05) is 39.4 Å². The first kappa shape index (κ1) is 19.3. The molecule has 1 atom stereocenters. The van der Waals surface area contributed by atoms with E-state index >= 15 is 0 Å². The van der Waals surface area contributed by atoms with Crippen molar-refractivity contribution in [1.29, 1.82) is 0 Å². The van der Waals surface area contributed by atoms with E-state index in [1.807, 2.05) is 6.07 Å². The minimum Gasteiger partial charge on any atom is -0.453 e. The number of nitrogens with zero attached hydrogens (tertiary/aromatic N) is 1. The molecule has 2 aliphatic heterocycles. The fourth-order valence-electron chi connectivity index (χ4n) is 3.19. The fraction of sp³-hybridized carbons (Fsp3) is 0.714. The molecule has 1 aromatic rings. The SMILES string of the molecule is Brc1ccc([C@@H](C2CCOCC2)N2CCNCC2)o1.Cl.Cl. The van der Waals surface area contributed by atoms with Crippen molar-refractivity contribution in [1.82, 2.24) is 10.2 Å². The zero-order valence-electron chi connectivity index (χ0n) is 11.9. The summed E-state index contributed by atoms with van der Waals surface area (Å²) in [6.45, 7) is 6.11. The molecule has 0 saturated carbocycles. The van der Waals surface area contributed by atoms with Crippen molar-refractivity contribution in [3.05, 3.63) is 22.6 Å². The van der Waals surface area contributed by atoms with Crippen molar-refractivity contribution in [2.24, 2.45) is 5.92 Å². The second kappa shape index (κ2) is 9.38. The Morgan fingerprint density at radius 3 is 2.38 bits per heavy atom. The van der Waals surface area contributed by atoms with Crippen LogP contribution < -0.4 is 5.32 Å². The van der Waals surface area contributed by atoms with E-state index in [9.17, 15) is 0 Å². The molecule has 2 saturated heterocycles. The van der Waals surface area contributed by atoms with Gasteiger partial charge in [0.15, 0.2) is 4.67 Å². The van der Waals surface area contributed by atoms with Gasteiger partial charge in [-0.05, 0) is 46.8 Å². The zero-order valence-corrected chi connectivity index (χ0v) is 15.1. The van der Waals surface area contributed by atoms with Crippen molar-refractivity contribution in [3.8, 4) is 0 Å². The molecule has 0 aromatic carbocycles. The van der Waals surface area contributed by atoms with E-state index in [-0.39, 0.29) is 24.8 Å². The number of hydrogen-bond acceptors (Lipinski definition) is 4. The topological polar surface area (TPSA) is 37.6 Å². The van der Waals surface area contributed by atoms with Crippen LogP contribution in [0.5, 0.6) is 0 Å². The largest absolute Gasteiger partial charge is 0.453 e. The first-order valence-electron chi connectivity index (χ1n) is 7.12. The van der Waals surface area contributed by atoms with E-state index in [2.05, 4.69) is 32.2 Å². The van der Waals surface area contributed by atoms with E-state index in [1.165, 1.54) is 0 Å². The fourth-order valence-corrected chi connectivity index (χ4v) is 3.51. The minimum atomic E-state index is 0. The van der Waals surface area contributed by atoms with Crippen LogP contribution in [0.4, 0.5) is 0 Å². The number of ether oxygens (including phenoxy) is 1. The molecule has 2 aliphatic rings. The summed E-state index contributed by atoms with van der Waals surface area (Å²) < 4.78 is 12.2. The van der Waals surface area contributed by atoms with Gasteiger partial charge in [0.25, 0.3) is 0 Å². The highest BCUT2D eigenvalue weighted by Gasteiger charge is 2.33. The Hall–Kier alpha value is 0.220. The summed E-state index contributed by atoms with van der Waals surface area (Å²) in [6, 6.07) is 4.52. The monoisotopic (exact) mass is 400 g/mol. The molecule has 0 aliphatic carbocycles. The smallest absolute Gasteiger partial charge is 0.169 e. The van der Waals surface area contributed by atoms with Crippen LogP contribution in [0.25, 0.3) is 0 Å². The Balaban J connectivity index is 0.00000110. The van der Waals surface area contributed by atoms with Gasteiger partial charge in [-0.15, -0.1) is 24.8 Å². The average Bonchev–Trinajstić information content (AvgIpc) is 2.88. The van der Waals surface area contributed by atoms with Crippen LogP contribution in [0.1, 0.15) is 24.6 Å². The number of nitrogens with one attached hydrogen (secondary N) is 1. The summed E-state index contributed by atoms with van der Waals surface area (Å²) in [5.74, 6) is 1.74. The van der Waals surface area contributed by atoms with E-state index in [1.54, 1.807) is 0 Å². The number of halogens is 3. The highest BCUT2D eigenvalue weighted by molar-refractivity contribution is 9.10. The van der Waals surface area contributed by atoms with E-state index in [0.29, 0.717) is 12.0 Å². The normalized spacial score (nSPS) is 22.1. The highest BCUT2D eigenvalue weighted by Crippen LogP contribution is 2.36. The standard InChI is InChI=1S/C14H21BrN2O2.2ClH/c15-13-2-1-12(19-13)14(11-3-9-18-10-4-11)17-7-5-16-6-8-17;;/h1-2,11,14,16H,3-10H2;2*1H/t14-;;/m1../s1. The third kappa shape index (κ3) is 4.85. The van der Waals surface area contributed by atoms with E-state index in [4.69, 9.17) is 9.15 Å². The predicted octanol–water partition coefficient (Wildman–Crippen LogP) is 3.26. The van der Waals surface area contributed by atoms with Crippen LogP contribution >= 0.6 is 40.7 Å². The number of furan rings is 1. The Kier molecular flexibility index (Phi) is 8.61. The van der Waals surface area contributed by atoms with Gasteiger partial charge in [-0.25, -0.2) is 0 Å². The Bertz CT molecular complexity index is 389. The van der Waals surface area contributed by atoms with Gasteiger partial charge in [-0.2, -0.15) is 0 Å². The summed E-state index contributed by atoms with van der Waals surface area (Å²) in [7, 11) is 0.